The van der Waals surface area contributed by atoms with Gasteiger partial charge in [0.15, 0.2) is 17.6 Å². The predicted molar refractivity (Wildman–Crippen MR) is 118 cm³/mol. The van der Waals surface area contributed by atoms with Gasteiger partial charge in [-0.15, -0.1) is 0 Å². The standard InChI is InChI=1S/C24H18Cl2O5/c25-18-4-2-1-3-15(18)13-5-6-19(26)17(7-13)23-12-30-21-9-16-14(8-24(27)28)11-29-20(16)10-22(21)31-23/h1-7,9-10,14,23H,8,11-12H2,(H,27,28)/t14-,23?/m1/s1. The van der Waals surface area contributed by atoms with Gasteiger partial charge >= 0.3 is 5.97 Å². The second-order valence-electron chi connectivity index (χ2n) is 7.58. The molecule has 0 radical (unpaired) electrons. The Hall–Kier alpha value is -2.89. The lowest BCUT2D eigenvalue weighted by Crippen LogP contribution is -2.22. The van der Waals surface area contributed by atoms with Crippen molar-refractivity contribution in [1.29, 1.82) is 0 Å². The second-order valence-corrected chi connectivity index (χ2v) is 8.39. The van der Waals surface area contributed by atoms with E-state index in [-0.39, 0.29) is 18.9 Å². The zero-order chi connectivity index (χ0) is 21.5. The fraction of sp³-hybridized carbons (Fsp3) is 0.208. The van der Waals surface area contributed by atoms with Crippen molar-refractivity contribution in [2.45, 2.75) is 18.4 Å². The number of carbonyl (C=O) groups is 1. The molecule has 0 aliphatic carbocycles. The van der Waals surface area contributed by atoms with E-state index in [0.717, 1.165) is 22.3 Å². The maximum absolute atomic E-state index is 11.1. The van der Waals surface area contributed by atoms with Gasteiger partial charge in [0.05, 0.1) is 13.0 Å². The Bertz CT molecular complexity index is 1180. The number of hydrogen-bond donors (Lipinski definition) is 1. The van der Waals surface area contributed by atoms with E-state index in [2.05, 4.69) is 0 Å². The highest BCUT2D eigenvalue weighted by atomic mass is 35.5. The Morgan fingerprint density at radius 3 is 2.52 bits per heavy atom. The summed E-state index contributed by atoms with van der Waals surface area (Å²) in [5.41, 5.74) is 3.49. The molecule has 0 bridgehead atoms. The van der Waals surface area contributed by atoms with E-state index >= 15 is 0 Å². The summed E-state index contributed by atoms with van der Waals surface area (Å²) in [5, 5.41) is 10.3. The molecule has 2 aliphatic rings. The Labute approximate surface area is 189 Å². The molecule has 5 rings (SSSR count). The second kappa shape index (κ2) is 7.98. The molecule has 0 fully saturated rings. The van der Waals surface area contributed by atoms with E-state index in [9.17, 15) is 4.79 Å². The Kier molecular flexibility index (Phi) is 5.16. The van der Waals surface area contributed by atoms with Crippen LogP contribution in [0.2, 0.25) is 10.0 Å². The summed E-state index contributed by atoms with van der Waals surface area (Å²) >= 11 is 12.9. The van der Waals surface area contributed by atoms with E-state index in [0.29, 0.717) is 33.9 Å². The lowest BCUT2D eigenvalue weighted by Gasteiger charge is -2.28. The number of rotatable bonds is 4. The molecule has 7 heteroatoms. The predicted octanol–water partition coefficient (Wildman–Crippen LogP) is 6.12. The molecule has 5 nitrogen and oxygen atoms in total. The van der Waals surface area contributed by atoms with Crippen LogP contribution in [0.3, 0.4) is 0 Å². The third-order valence-electron chi connectivity index (χ3n) is 5.56. The van der Waals surface area contributed by atoms with E-state index in [4.69, 9.17) is 42.5 Å². The van der Waals surface area contributed by atoms with Crippen LogP contribution in [-0.4, -0.2) is 24.3 Å². The fourth-order valence-electron chi connectivity index (χ4n) is 4.03. The molecule has 0 spiro atoms. The summed E-state index contributed by atoms with van der Waals surface area (Å²) in [6.07, 6.45) is -0.392. The highest BCUT2D eigenvalue weighted by Crippen LogP contribution is 2.47. The van der Waals surface area contributed by atoms with Crippen LogP contribution in [0.25, 0.3) is 11.1 Å². The number of carboxylic acid groups (broad SMARTS) is 1. The van der Waals surface area contributed by atoms with Gasteiger partial charge in [-0.1, -0.05) is 47.5 Å². The third-order valence-corrected chi connectivity index (χ3v) is 6.24. The van der Waals surface area contributed by atoms with Gasteiger partial charge in [0.25, 0.3) is 0 Å². The summed E-state index contributed by atoms with van der Waals surface area (Å²) in [5.74, 6) is 0.704. The van der Waals surface area contributed by atoms with Crippen LogP contribution < -0.4 is 14.2 Å². The highest BCUT2D eigenvalue weighted by molar-refractivity contribution is 6.33. The molecule has 31 heavy (non-hydrogen) atoms. The molecule has 3 aromatic carbocycles. The fourth-order valence-corrected chi connectivity index (χ4v) is 4.51. The zero-order valence-corrected chi connectivity index (χ0v) is 17.8. The van der Waals surface area contributed by atoms with Gasteiger partial charge in [-0.05, 0) is 29.8 Å². The lowest BCUT2D eigenvalue weighted by molar-refractivity contribution is -0.137. The summed E-state index contributed by atoms with van der Waals surface area (Å²) in [4.78, 5) is 11.1. The van der Waals surface area contributed by atoms with Crippen molar-refractivity contribution < 1.29 is 24.1 Å². The molecule has 0 aromatic heterocycles. The van der Waals surface area contributed by atoms with Crippen LogP contribution in [0.1, 0.15) is 29.6 Å². The normalized spacial score (nSPS) is 18.9. The van der Waals surface area contributed by atoms with Crippen molar-refractivity contribution in [3.8, 4) is 28.4 Å². The Morgan fingerprint density at radius 1 is 0.903 bits per heavy atom. The molecule has 0 saturated carbocycles. The summed E-state index contributed by atoms with van der Waals surface area (Å²) < 4.78 is 17.9. The number of fused-ring (bicyclic) bond motifs is 2. The van der Waals surface area contributed by atoms with Crippen LogP contribution >= 0.6 is 23.2 Å². The van der Waals surface area contributed by atoms with Crippen LogP contribution in [0.5, 0.6) is 17.2 Å². The van der Waals surface area contributed by atoms with Gasteiger partial charge in [-0.2, -0.15) is 0 Å². The van der Waals surface area contributed by atoms with Gasteiger partial charge in [0.2, 0.25) is 0 Å². The first kappa shape index (κ1) is 20.0. The minimum atomic E-state index is -0.857. The lowest BCUT2D eigenvalue weighted by atomic mass is 9.97. The summed E-state index contributed by atoms with van der Waals surface area (Å²) in [6.45, 7) is 0.613. The largest absolute Gasteiger partial charge is 0.492 e. The average Bonchev–Trinajstić information content (AvgIpc) is 3.13. The molecule has 1 N–H and O–H groups in total. The minimum absolute atomic E-state index is 0.0136. The van der Waals surface area contributed by atoms with Crippen molar-refractivity contribution in [3.63, 3.8) is 0 Å². The maximum Gasteiger partial charge on any atom is 0.304 e. The van der Waals surface area contributed by atoms with Gasteiger partial charge in [0.1, 0.15) is 12.4 Å². The van der Waals surface area contributed by atoms with Gasteiger partial charge in [-0.3, -0.25) is 4.79 Å². The Balaban J connectivity index is 1.45. The van der Waals surface area contributed by atoms with E-state index in [1.54, 1.807) is 6.07 Å². The van der Waals surface area contributed by atoms with Crippen molar-refractivity contribution in [1.82, 2.24) is 0 Å². The maximum atomic E-state index is 11.1. The number of benzene rings is 3. The first-order chi connectivity index (χ1) is 15.0. The number of carboxylic acids is 1. The molecule has 0 amide bonds. The summed E-state index contributed by atoms with van der Waals surface area (Å²) in [7, 11) is 0. The molecule has 2 heterocycles. The van der Waals surface area contributed by atoms with Crippen LogP contribution in [-0.2, 0) is 4.79 Å². The SMILES string of the molecule is O=C(O)C[C@@H]1COc2cc3c(cc21)OCC(c1cc(-c2ccccc2Cl)ccc1Cl)O3. The van der Waals surface area contributed by atoms with Crippen molar-refractivity contribution in [2.75, 3.05) is 13.2 Å². The Morgan fingerprint density at radius 2 is 1.71 bits per heavy atom. The average molecular weight is 457 g/mol. The molecule has 158 valence electrons. The van der Waals surface area contributed by atoms with Crippen LogP contribution in [0.15, 0.2) is 54.6 Å². The van der Waals surface area contributed by atoms with Crippen LogP contribution in [0.4, 0.5) is 0 Å². The first-order valence-corrected chi connectivity index (χ1v) is 10.6. The molecule has 0 saturated heterocycles. The molecule has 2 aliphatic heterocycles. The topological polar surface area (TPSA) is 65.0 Å². The zero-order valence-electron chi connectivity index (χ0n) is 16.3. The van der Waals surface area contributed by atoms with E-state index in [1.165, 1.54) is 0 Å². The number of hydrogen-bond acceptors (Lipinski definition) is 4. The molecule has 1 unspecified atom stereocenters. The number of aliphatic carboxylic acids is 1. The number of ether oxygens (including phenoxy) is 3. The van der Waals surface area contributed by atoms with E-state index in [1.807, 2.05) is 48.5 Å². The van der Waals surface area contributed by atoms with Crippen molar-refractivity contribution in [3.05, 3.63) is 75.8 Å². The van der Waals surface area contributed by atoms with Gasteiger partial charge < -0.3 is 19.3 Å². The first-order valence-electron chi connectivity index (χ1n) is 9.86. The molecular formula is C24H18Cl2O5. The molecule has 2 atom stereocenters. The number of halogens is 2. The van der Waals surface area contributed by atoms with Crippen molar-refractivity contribution >= 4 is 29.2 Å². The van der Waals surface area contributed by atoms with E-state index < -0.39 is 12.1 Å². The monoisotopic (exact) mass is 456 g/mol. The quantitative estimate of drug-likeness (QED) is 0.511. The van der Waals surface area contributed by atoms with Crippen LogP contribution in [0, 0.1) is 0 Å². The van der Waals surface area contributed by atoms with Gasteiger partial charge in [0, 0.05) is 38.7 Å². The third kappa shape index (κ3) is 3.80. The minimum Gasteiger partial charge on any atom is -0.492 e. The molecule has 3 aromatic rings. The highest BCUT2D eigenvalue weighted by Gasteiger charge is 2.32. The summed E-state index contributed by atoms with van der Waals surface area (Å²) in [6, 6.07) is 16.9. The molecular weight excluding hydrogens is 439 g/mol. The smallest absolute Gasteiger partial charge is 0.304 e. The van der Waals surface area contributed by atoms with Crippen molar-refractivity contribution in [2.24, 2.45) is 0 Å². The van der Waals surface area contributed by atoms with Gasteiger partial charge in [-0.25, -0.2) is 0 Å².